The summed E-state index contributed by atoms with van der Waals surface area (Å²) in [5.41, 5.74) is 7.39. The van der Waals surface area contributed by atoms with E-state index in [4.69, 9.17) is 0 Å². The highest BCUT2D eigenvalue weighted by Gasteiger charge is 2.23. The Kier molecular flexibility index (Phi) is 3.42. The van der Waals surface area contributed by atoms with Gasteiger partial charge in [-0.2, -0.15) is 0 Å². The normalized spacial score (nSPS) is 12.1. The van der Waals surface area contributed by atoms with Crippen molar-refractivity contribution in [2.45, 2.75) is 0 Å². The molecule has 0 bridgehead atoms. The molecule has 0 atom stereocenters. The number of rotatable bonds is 2. The van der Waals surface area contributed by atoms with Gasteiger partial charge in [-0.05, 0) is 53.2 Å². The molecule has 0 saturated carbocycles. The number of para-hydroxylation sites is 3. The average Bonchev–Trinajstić information content (AvgIpc) is 3.42. The van der Waals surface area contributed by atoms with Crippen LogP contribution in [0.15, 0.2) is 121 Å². The van der Waals surface area contributed by atoms with Crippen LogP contribution >= 0.6 is 0 Å². The third-order valence-electron chi connectivity index (χ3n) is 7.23. The molecule has 0 aliphatic heterocycles. The fraction of sp³-hybridized carbons (Fsp3) is 0. The number of fused-ring (bicyclic) bond motifs is 4. The molecule has 0 fully saturated rings. The molecule has 0 saturated heterocycles. The van der Waals surface area contributed by atoms with Crippen LogP contribution in [0.25, 0.3) is 65.8 Å². The average molecular weight is 433 g/mol. The van der Waals surface area contributed by atoms with Crippen LogP contribution in [0.5, 0.6) is 0 Å². The van der Waals surface area contributed by atoms with Gasteiger partial charge in [0.25, 0.3) is 0 Å². The Labute approximate surface area is 196 Å². The van der Waals surface area contributed by atoms with Crippen molar-refractivity contribution in [2.24, 2.45) is 0 Å². The molecule has 2 heteroatoms. The lowest BCUT2D eigenvalue weighted by Crippen LogP contribution is -1.95. The molecular formula is C32H20N2. The van der Waals surface area contributed by atoms with Crippen LogP contribution in [0.4, 0.5) is 0 Å². The van der Waals surface area contributed by atoms with Crippen molar-refractivity contribution >= 4 is 54.4 Å². The van der Waals surface area contributed by atoms with Crippen molar-refractivity contribution in [3.8, 4) is 11.4 Å². The van der Waals surface area contributed by atoms with E-state index in [9.17, 15) is 0 Å². The van der Waals surface area contributed by atoms with Gasteiger partial charge in [0.1, 0.15) is 0 Å². The van der Waals surface area contributed by atoms with Gasteiger partial charge in [-0.25, -0.2) is 0 Å². The zero-order valence-electron chi connectivity index (χ0n) is 18.4. The lowest BCUT2D eigenvalue weighted by Gasteiger charge is -2.10. The molecule has 0 spiro atoms. The Balaban J connectivity index is 1.72. The number of benzene rings is 6. The number of nitrogens with zero attached hydrogens (tertiary/aromatic N) is 2. The van der Waals surface area contributed by atoms with Gasteiger partial charge in [-0.3, -0.25) is 0 Å². The minimum absolute atomic E-state index is 1.18. The molecule has 0 aliphatic carbocycles. The zero-order valence-corrected chi connectivity index (χ0v) is 18.4. The second kappa shape index (κ2) is 6.49. The summed E-state index contributed by atoms with van der Waals surface area (Å²) in [6.07, 6.45) is 0. The molecule has 6 aromatic carbocycles. The van der Waals surface area contributed by atoms with Gasteiger partial charge in [-0.1, -0.05) is 78.9 Å². The summed E-state index contributed by atoms with van der Waals surface area (Å²) < 4.78 is 4.88. The van der Waals surface area contributed by atoms with E-state index in [-0.39, 0.29) is 0 Å². The summed E-state index contributed by atoms with van der Waals surface area (Å²) in [7, 11) is 0. The van der Waals surface area contributed by atoms with Gasteiger partial charge in [0.2, 0.25) is 0 Å². The summed E-state index contributed by atoms with van der Waals surface area (Å²) in [5.74, 6) is 0. The SMILES string of the molecule is c1ccc(-n2c3ccccc3c3c2cc2ccc4cccc5c4c2c3n5-c2ccccc2)cc1. The lowest BCUT2D eigenvalue weighted by atomic mass is 9.99. The summed E-state index contributed by atoms with van der Waals surface area (Å²) in [4.78, 5) is 0. The second-order valence-electron chi connectivity index (χ2n) is 9.02. The summed E-state index contributed by atoms with van der Waals surface area (Å²) >= 11 is 0. The Morgan fingerprint density at radius 3 is 1.82 bits per heavy atom. The fourth-order valence-corrected chi connectivity index (χ4v) is 5.90. The van der Waals surface area contributed by atoms with Gasteiger partial charge in [0.15, 0.2) is 0 Å². The number of aromatic nitrogens is 2. The minimum Gasteiger partial charge on any atom is -0.309 e. The first-order chi connectivity index (χ1) is 16.9. The molecule has 8 rings (SSSR count). The van der Waals surface area contributed by atoms with Crippen LogP contribution < -0.4 is 0 Å². The first-order valence-corrected chi connectivity index (χ1v) is 11.7. The molecule has 0 amide bonds. The topological polar surface area (TPSA) is 9.86 Å². The lowest BCUT2D eigenvalue weighted by molar-refractivity contribution is 1.18. The van der Waals surface area contributed by atoms with E-state index in [1.54, 1.807) is 0 Å². The molecule has 2 nitrogen and oxygen atoms in total. The maximum absolute atomic E-state index is 2.47. The van der Waals surface area contributed by atoms with Gasteiger partial charge in [-0.15, -0.1) is 0 Å². The van der Waals surface area contributed by atoms with Crippen molar-refractivity contribution in [1.29, 1.82) is 0 Å². The van der Waals surface area contributed by atoms with Gasteiger partial charge >= 0.3 is 0 Å². The summed E-state index contributed by atoms with van der Waals surface area (Å²) in [5, 5.41) is 7.85. The Morgan fingerprint density at radius 1 is 0.382 bits per heavy atom. The Hall–Kier alpha value is -4.56. The maximum atomic E-state index is 2.47. The van der Waals surface area contributed by atoms with Crippen molar-refractivity contribution in [1.82, 2.24) is 9.13 Å². The van der Waals surface area contributed by atoms with Gasteiger partial charge in [0, 0.05) is 32.9 Å². The standard InChI is InChI=1S/C32H20N2/c1-3-11-23(12-4-1)33-26-16-8-7-15-25(26)31-28(33)20-22-19-18-21-10-9-17-27-29(21)30(22)32(31)34(27)24-13-5-2-6-14-24/h1-20H. The van der Waals surface area contributed by atoms with E-state index in [1.165, 1.54) is 65.8 Å². The molecule has 0 N–H and O–H groups in total. The highest BCUT2D eigenvalue weighted by Crippen LogP contribution is 2.45. The van der Waals surface area contributed by atoms with Gasteiger partial charge in [0.05, 0.1) is 22.1 Å². The summed E-state index contributed by atoms with van der Waals surface area (Å²) in [6.45, 7) is 0. The van der Waals surface area contributed by atoms with Crippen LogP contribution in [0.1, 0.15) is 0 Å². The first-order valence-electron chi connectivity index (χ1n) is 11.7. The second-order valence-corrected chi connectivity index (χ2v) is 9.02. The molecule has 0 aliphatic rings. The van der Waals surface area contributed by atoms with E-state index in [1.807, 2.05) is 0 Å². The van der Waals surface area contributed by atoms with Crippen molar-refractivity contribution in [2.75, 3.05) is 0 Å². The predicted octanol–water partition coefficient (Wildman–Crippen LogP) is 8.47. The smallest absolute Gasteiger partial charge is 0.0647 e. The molecule has 0 unspecified atom stereocenters. The largest absolute Gasteiger partial charge is 0.309 e. The molecule has 158 valence electrons. The van der Waals surface area contributed by atoms with Crippen molar-refractivity contribution in [3.63, 3.8) is 0 Å². The van der Waals surface area contributed by atoms with Crippen LogP contribution in [0.3, 0.4) is 0 Å². The Morgan fingerprint density at radius 2 is 1.03 bits per heavy atom. The maximum Gasteiger partial charge on any atom is 0.0647 e. The van der Waals surface area contributed by atoms with Crippen LogP contribution in [0, 0.1) is 0 Å². The third kappa shape index (κ3) is 2.20. The minimum atomic E-state index is 1.18. The van der Waals surface area contributed by atoms with Crippen LogP contribution in [-0.4, -0.2) is 9.13 Å². The van der Waals surface area contributed by atoms with Crippen LogP contribution in [0.2, 0.25) is 0 Å². The van der Waals surface area contributed by atoms with Crippen molar-refractivity contribution < 1.29 is 0 Å². The highest BCUT2D eigenvalue weighted by molar-refractivity contribution is 6.33. The quantitative estimate of drug-likeness (QED) is 0.242. The van der Waals surface area contributed by atoms with Gasteiger partial charge < -0.3 is 9.13 Å². The highest BCUT2D eigenvalue weighted by atomic mass is 15.0. The Bertz CT molecular complexity index is 1990. The third-order valence-corrected chi connectivity index (χ3v) is 7.23. The monoisotopic (exact) mass is 432 g/mol. The molecular weight excluding hydrogens is 412 g/mol. The van der Waals surface area contributed by atoms with E-state index in [0.717, 1.165) is 0 Å². The van der Waals surface area contributed by atoms with Crippen molar-refractivity contribution in [3.05, 3.63) is 121 Å². The van der Waals surface area contributed by atoms with E-state index < -0.39 is 0 Å². The first kappa shape index (κ1) is 17.9. The van der Waals surface area contributed by atoms with E-state index in [0.29, 0.717) is 0 Å². The molecule has 2 heterocycles. The van der Waals surface area contributed by atoms with Crippen LogP contribution in [-0.2, 0) is 0 Å². The van der Waals surface area contributed by atoms with E-state index >= 15 is 0 Å². The van der Waals surface area contributed by atoms with E-state index in [2.05, 4.69) is 130 Å². The number of hydrogen-bond acceptors (Lipinski definition) is 0. The number of hydrogen-bond donors (Lipinski definition) is 0. The molecule has 34 heavy (non-hydrogen) atoms. The fourth-order valence-electron chi connectivity index (χ4n) is 5.90. The predicted molar refractivity (Wildman–Crippen MR) is 144 cm³/mol. The zero-order chi connectivity index (χ0) is 22.2. The molecule has 0 radical (unpaired) electrons. The summed E-state index contributed by atoms with van der Waals surface area (Å²) in [6, 6.07) is 43.9. The molecule has 8 aromatic rings. The molecule has 2 aromatic heterocycles.